The highest BCUT2D eigenvalue weighted by Gasteiger charge is 2.39. The average molecular weight is 569 g/mol. The smallest absolute Gasteiger partial charge is 0.127 e. The molecule has 0 aromatic heterocycles. The van der Waals surface area contributed by atoms with Crippen molar-refractivity contribution in [2.45, 2.75) is 56.8 Å². The Balaban J connectivity index is 1.27. The SMILES string of the molecule is CCCc1cccc(C2CCC(c3ccc(Oc4ccc(N)cc4)cc3)(c3ccc(Oc4ccc(N)cc4)cc3)CC2)c1. The molecule has 0 radical (unpaired) electrons. The molecule has 4 N–H and O–H groups in total. The molecule has 4 heteroatoms. The lowest BCUT2D eigenvalue weighted by atomic mass is 9.62. The van der Waals surface area contributed by atoms with Gasteiger partial charge in [-0.05, 0) is 133 Å². The van der Waals surface area contributed by atoms with Gasteiger partial charge in [0.1, 0.15) is 23.0 Å². The molecule has 0 unspecified atom stereocenters. The second-order valence-electron chi connectivity index (χ2n) is 11.7. The molecule has 0 aliphatic heterocycles. The van der Waals surface area contributed by atoms with Crippen LogP contribution in [-0.2, 0) is 11.8 Å². The van der Waals surface area contributed by atoms with Crippen molar-refractivity contribution in [3.63, 3.8) is 0 Å². The number of ether oxygens (including phenoxy) is 2. The van der Waals surface area contributed by atoms with Crippen molar-refractivity contribution >= 4 is 11.4 Å². The highest BCUT2D eigenvalue weighted by Crippen LogP contribution is 2.49. The highest BCUT2D eigenvalue weighted by molar-refractivity contribution is 5.48. The number of rotatable bonds is 9. The predicted molar refractivity (Wildman–Crippen MR) is 177 cm³/mol. The minimum absolute atomic E-state index is 0.0863. The highest BCUT2D eigenvalue weighted by atomic mass is 16.5. The third kappa shape index (κ3) is 6.54. The van der Waals surface area contributed by atoms with Crippen molar-refractivity contribution in [1.29, 1.82) is 0 Å². The molecule has 4 nitrogen and oxygen atoms in total. The van der Waals surface area contributed by atoms with Gasteiger partial charge in [0.2, 0.25) is 0 Å². The van der Waals surface area contributed by atoms with Crippen molar-refractivity contribution in [3.8, 4) is 23.0 Å². The van der Waals surface area contributed by atoms with Crippen LogP contribution in [0.2, 0.25) is 0 Å². The van der Waals surface area contributed by atoms with E-state index in [1.807, 2.05) is 48.5 Å². The Morgan fingerprint density at radius 3 is 1.49 bits per heavy atom. The van der Waals surface area contributed by atoms with Gasteiger partial charge in [-0.1, -0.05) is 61.9 Å². The van der Waals surface area contributed by atoms with Crippen molar-refractivity contribution in [3.05, 3.63) is 144 Å². The molecule has 0 saturated heterocycles. The van der Waals surface area contributed by atoms with E-state index in [4.69, 9.17) is 20.9 Å². The number of hydrogen-bond acceptors (Lipinski definition) is 4. The number of benzene rings is 5. The first-order valence-corrected chi connectivity index (χ1v) is 15.4. The van der Waals surface area contributed by atoms with E-state index in [1.54, 1.807) is 0 Å². The maximum atomic E-state index is 6.12. The van der Waals surface area contributed by atoms with Gasteiger partial charge in [-0.3, -0.25) is 0 Å². The Bertz CT molecular complexity index is 1520. The molecular formula is C39H40N2O2. The molecule has 0 amide bonds. The summed E-state index contributed by atoms with van der Waals surface area (Å²) in [7, 11) is 0. The van der Waals surface area contributed by atoms with Crippen molar-refractivity contribution in [2.24, 2.45) is 0 Å². The lowest BCUT2D eigenvalue weighted by Crippen LogP contribution is -2.32. The molecule has 1 saturated carbocycles. The van der Waals surface area contributed by atoms with E-state index in [0.717, 1.165) is 66.5 Å². The summed E-state index contributed by atoms with van der Waals surface area (Å²) >= 11 is 0. The molecule has 218 valence electrons. The minimum Gasteiger partial charge on any atom is -0.457 e. The first-order chi connectivity index (χ1) is 21.0. The second kappa shape index (κ2) is 12.7. The molecule has 1 fully saturated rings. The second-order valence-corrected chi connectivity index (χ2v) is 11.7. The quantitative estimate of drug-likeness (QED) is 0.174. The van der Waals surface area contributed by atoms with Gasteiger partial charge in [0.15, 0.2) is 0 Å². The molecule has 43 heavy (non-hydrogen) atoms. The molecule has 0 bridgehead atoms. The lowest BCUT2D eigenvalue weighted by molar-refractivity contribution is 0.314. The van der Waals surface area contributed by atoms with Gasteiger partial charge >= 0.3 is 0 Å². The third-order valence-electron chi connectivity index (χ3n) is 8.85. The van der Waals surface area contributed by atoms with Crippen LogP contribution in [0.15, 0.2) is 121 Å². The first kappa shape index (κ1) is 28.4. The Hall–Kier alpha value is -4.70. The molecule has 5 aromatic rings. The molecule has 5 aromatic carbocycles. The van der Waals surface area contributed by atoms with Gasteiger partial charge < -0.3 is 20.9 Å². The zero-order valence-corrected chi connectivity index (χ0v) is 24.8. The molecule has 0 spiro atoms. The fraction of sp³-hybridized carbons (Fsp3) is 0.231. The number of anilines is 2. The van der Waals surface area contributed by atoms with Crippen LogP contribution in [0.4, 0.5) is 11.4 Å². The van der Waals surface area contributed by atoms with Crippen LogP contribution in [0, 0.1) is 0 Å². The standard InChI is InChI=1S/C39H40N2O2/c1-2-4-28-5-3-6-30(27-28)29-23-25-39(26-24-29,31-7-15-35(16-8-31)42-37-19-11-33(40)12-20-37)32-9-17-36(18-10-32)43-38-21-13-34(41)14-22-38/h3,5-22,27,29H,2,4,23-26,40-41H2,1H3. The van der Waals surface area contributed by atoms with E-state index in [1.165, 1.54) is 28.7 Å². The monoisotopic (exact) mass is 568 g/mol. The van der Waals surface area contributed by atoms with Gasteiger partial charge in [-0.15, -0.1) is 0 Å². The van der Waals surface area contributed by atoms with E-state index >= 15 is 0 Å². The zero-order valence-electron chi connectivity index (χ0n) is 24.8. The first-order valence-electron chi connectivity index (χ1n) is 15.4. The largest absolute Gasteiger partial charge is 0.457 e. The van der Waals surface area contributed by atoms with Crippen molar-refractivity contribution in [1.82, 2.24) is 0 Å². The van der Waals surface area contributed by atoms with Crippen LogP contribution in [0.25, 0.3) is 0 Å². The fourth-order valence-corrected chi connectivity index (χ4v) is 6.51. The maximum Gasteiger partial charge on any atom is 0.127 e. The number of hydrogen-bond donors (Lipinski definition) is 2. The van der Waals surface area contributed by atoms with E-state index in [9.17, 15) is 0 Å². The Morgan fingerprint density at radius 2 is 1.05 bits per heavy atom. The summed E-state index contributed by atoms with van der Waals surface area (Å²) in [6.45, 7) is 2.25. The molecule has 0 atom stereocenters. The molecule has 1 aliphatic rings. The normalized spacial score (nSPS) is 14.7. The Kier molecular flexibility index (Phi) is 8.37. The number of aryl methyl sites for hydroxylation is 1. The lowest BCUT2D eigenvalue weighted by Gasteiger charge is -2.42. The molecule has 6 rings (SSSR count). The van der Waals surface area contributed by atoms with Gasteiger partial charge in [0, 0.05) is 16.8 Å². The van der Waals surface area contributed by atoms with Crippen LogP contribution in [0.3, 0.4) is 0 Å². The summed E-state index contributed by atoms with van der Waals surface area (Å²) in [5, 5.41) is 0. The number of nitrogens with two attached hydrogens (primary N) is 2. The summed E-state index contributed by atoms with van der Waals surface area (Å²) in [5.74, 6) is 3.76. The molecule has 1 aliphatic carbocycles. The van der Waals surface area contributed by atoms with E-state index in [-0.39, 0.29) is 5.41 Å². The van der Waals surface area contributed by atoms with E-state index in [2.05, 4.69) is 79.7 Å². The zero-order chi connectivity index (χ0) is 29.6. The van der Waals surface area contributed by atoms with E-state index < -0.39 is 0 Å². The van der Waals surface area contributed by atoms with Gasteiger partial charge in [-0.25, -0.2) is 0 Å². The minimum atomic E-state index is -0.0863. The topological polar surface area (TPSA) is 70.5 Å². The summed E-state index contributed by atoms with van der Waals surface area (Å²) < 4.78 is 12.2. The summed E-state index contributed by atoms with van der Waals surface area (Å²) in [5.41, 5.74) is 18.6. The summed E-state index contributed by atoms with van der Waals surface area (Å²) in [4.78, 5) is 0. The maximum absolute atomic E-state index is 6.12. The van der Waals surface area contributed by atoms with Crippen LogP contribution < -0.4 is 20.9 Å². The molecular weight excluding hydrogens is 528 g/mol. The molecule has 0 heterocycles. The summed E-state index contributed by atoms with van der Waals surface area (Å²) in [6, 6.07) is 41.6. The van der Waals surface area contributed by atoms with Crippen LogP contribution in [-0.4, -0.2) is 0 Å². The number of nitrogen functional groups attached to an aromatic ring is 2. The average Bonchev–Trinajstić information content (AvgIpc) is 3.04. The van der Waals surface area contributed by atoms with Crippen LogP contribution >= 0.6 is 0 Å². The van der Waals surface area contributed by atoms with Crippen molar-refractivity contribution < 1.29 is 9.47 Å². The van der Waals surface area contributed by atoms with Crippen LogP contribution in [0.5, 0.6) is 23.0 Å². The van der Waals surface area contributed by atoms with Gasteiger partial charge in [0.05, 0.1) is 0 Å². The van der Waals surface area contributed by atoms with Gasteiger partial charge in [-0.2, -0.15) is 0 Å². The fourth-order valence-electron chi connectivity index (χ4n) is 6.51. The van der Waals surface area contributed by atoms with Gasteiger partial charge in [0.25, 0.3) is 0 Å². The predicted octanol–water partition coefficient (Wildman–Crippen LogP) is 10.0. The Morgan fingerprint density at radius 1 is 0.605 bits per heavy atom. The van der Waals surface area contributed by atoms with E-state index in [0.29, 0.717) is 5.92 Å². The van der Waals surface area contributed by atoms with Crippen molar-refractivity contribution in [2.75, 3.05) is 11.5 Å². The summed E-state index contributed by atoms with van der Waals surface area (Å²) in [6.07, 6.45) is 6.75. The van der Waals surface area contributed by atoms with Crippen LogP contribution in [0.1, 0.15) is 67.2 Å². The Labute approximate surface area is 255 Å². The third-order valence-corrected chi connectivity index (χ3v) is 8.85.